The molecule has 1 saturated heterocycles. The Bertz CT molecular complexity index is 655. The molecule has 0 saturated carbocycles. The summed E-state index contributed by atoms with van der Waals surface area (Å²) in [6.07, 6.45) is 8.23. The van der Waals surface area contributed by atoms with Gasteiger partial charge in [0, 0.05) is 37.1 Å². The SMILES string of the molecule is CC(CC(=O)NCc1cccnc1-n1cccn1)C1CCNCC1.Cl. The van der Waals surface area contributed by atoms with Crippen molar-refractivity contribution in [2.45, 2.75) is 32.7 Å². The highest BCUT2D eigenvalue weighted by atomic mass is 35.5. The molecule has 1 unspecified atom stereocenters. The van der Waals surface area contributed by atoms with E-state index in [-0.39, 0.29) is 18.3 Å². The molecule has 0 spiro atoms. The molecular formula is C18H26ClN5O. The maximum atomic E-state index is 12.3. The predicted octanol–water partition coefficient (Wildman–Crippen LogP) is 2.33. The first kappa shape index (κ1) is 19.4. The minimum absolute atomic E-state index is 0. The maximum absolute atomic E-state index is 12.3. The zero-order valence-electron chi connectivity index (χ0n) is 14.5. The van der Waals surface area contributed by atoms with Gasteiger partial charge in [-0.1, -0.05) is 13.0 Å². The molecule has 1 atom stereocenters. The summed E-state index contributed by atoms with van der Waals surface area (Å²) in [6.45, 7) is 4.80. The number of pyridine rings is 1. The Morgan fingerprint density at radius 1 is 1.36 bits per heavy atom. The van der Waals surface area contributed by atoms with E-state index in [1.54, 1.807) is 17.1 Å². The van der Waals surface area contributed by atoms with Crippen molar-refractivity contribution in [3.63, 3.8) is 0 Å². The molecule has 1 aliphatic rings. The lowest BCUT2D eigenvalue weighted by atomic mass is 9.84. The van der Waals surface area contributed by atoms with Gasteiger partial charge in [-0.3, -0.25) is 4.79 Å². The van der Waals surface area contributed by atoms with Crippen molar-refractivity contribution >= 4 is 18.3 Å². The van der Waals surface area contributed by atoms with E-state index < -0.39 is 0 Å². The molecule has 2 aromatic rings. The van der Waals surface area contributed by atoms with Crippen LogP contribution < -0.4 is 10.6 Å². The summed E-state index contributed by atoms with van der Waals surface area (Å²) in [7, 11) is 0. The summed E-state index contributed by atoms with van der Waals surface area (Å²) in [4.78, 5) is 16.7. The highest BCUT2D eigenvalue weighted by Crippen LogP contribution is 2.24. The van der Waals surface area contributed by atoms with E-state index in [1.807, 2.05) is 24.4 Å². The average molecular weight is 364 g/mol. The first-order valence-corrected chi connectivity index (χ1v) is 8.65. The summed E-state index contributed by atoms with van der Waals surface area (Å²) in [5.41, 5.74) is 0.962. The minimum Gasteiger partial charge on any atom is -0.352 e. The number of nitrogens with zero attached hydrogens (tertiary/aromatic N) is 3. The van der Waals surface area contributed by atoms with Gasteiger partial charge in [0.2, 0.25) is 5.91 Å². The topological polar surface area (TPSA) is 71.8 Å². The van der Waals surface area contributed by atoms with Crippen LogP contribution in [0.1, 0.15) is 31.7 Å². The summed E-state index contributed by atoms with van der Waals surface area (Å²) in [5, 5.41) is 10.6. The summed E-state index contributed by atoms with van der Waals surface area (Å²) in [5.74, 6) is 1.94. The van der Waals surface area contributed by atoms with E-state index in [9.17, 15) is 4.79 Å². The summed E-state index contributed by atoms with van der Waals surface area (Å²) in [6, 6.07) is 5.71. The first-order chi connectivity index (χ1) is 11.7. The monoisotopic (exact) mass is 363 g/mol. The fourth-order valence-electron chi connectivity index (χ4n) is 3.31. The van der Waals surface area contributed by atoms with E-state index in [0.29, 0.717) is 24.8 Å². The number of halogens is 1. The highest BCUT2D eigenvalue weighted by molar-refractivity contribution is 5.85. The molecular weight excluding hydrogens is 338 g/mol. The first-order valence-electron chi connectivity index (χ1n) is 8.65. The van der Waals surface area contributed by atoms with Crippen LogP contribution in [-0.4, -0.2) is 33.8 Å². The molecule has 2 N–H and O–H groups in total. The van der Waals surface area contributed by atoms with E-state index in [1.165, 1.54) is 12.8 Å². The Labute approximate surface area is 154 Å². The van der Waals surface area contributed by atoms with Gasteiger partial charge in [0.25, 0.3) is 0 Å². The molecule has 0 aliphatic carbocycles. The van der Waals surface area contributed by atoms with Crippen LogP contribution in [0.25, 0.3) is 5.82 Å². The molecule has 136 valence electrons. The highest BCUT2D eigenvalue weighted by Gasteiger charge is 2.22. The second kappa shape index (κ2) is 9.53. The van der Waals surface area contributed by atoms with Gasteiger partial charge in [-0.25, -0.2) is 9.67 Å². The zero-order valence-corrected chi connectivity index (χ0v) is 15.3. The van der Waals surface area contributed by atoms with E-state index in [2.05, 4.69) is 27.6 Å². The molecule has 0 bridgehead atoms. The maximum Gasteiger partial charge on any atom is 0.220 e. The molecule has 7 heteroatoms. The van der Waals surface area contributed by atoms with Gasteiger partial charge < -0.3 is 10.6 Å². The Hall–Kier alpha value is -1.92. The van der Waals surface area contributed by atoms with E-state index >= 15 is 0 Å². The standard InChI is InChI=1S/C18H25N5O.ClH/c1-14(15-5-9-19-10-6-15)12-17(24)21-13-16-4-2-7-20-18(16)23-11-3-8-22-23;/h2-4,7-8,11,14-15,19H,5-6,9-10,12-13H2,1H3,(H,21,24);1H. The van der Waals surface area contributed by atoms with Gasteiger partial charge in [-0.2, -0.15) is 5.10 Å². The minimum atomic E-state index is 0. The van der Waals surface area contributed by atoms with Crippen molar-refractivity contribution in [3.8, 4) is 5.82 Å². The number of carbonyl (C=O) groups excluding carboxylic acids is 1. The van der Waals surface area contributed by atoms with Crippen LogP contribution >= 0.6 is 12.4 Å². The lowest BCUT2D eigenvalue weighted by molar-refractivity contribution is -0.122. The van der Waals surface area contributed by atoms with Gasteiger partial charge in [-0.15, -0.1) is 12.4 Å². The quantitative estimate of drug-likeness (QED) is 0.826. The smallest absolute Gasteiger partial charge is 0.220 e. The molecule has 6 nitrogen and oxygen atoms in total. The summed E-state index contributed by atoms with van der Waals surface area (Å²) < 4.78 is 1.72. The van der Waals surface area contributed by atoms with Crippen LogP contribution in [0.4, 0.5) is 0 Å². The molecule has 1 amide bonds. The Kier molecular flexibility index (Phi) is 7.40. The lowest BCUT2D eigenvalue weighted by Crippen LogP contribution is -2.33. The van der Waals surface area contributed by atoms with Crippen molar-refractivity contribution in [2.24, 2.45) is 11.8 Å². The van der Waals surface area contributed by atoms with Crippen LogP contribution in [0, 0.1) is 11.8 Å². The lowest BCUT2D eigenvalue weighted by Gasteiger charge is -2.27. The number of piperidine rings is 1. The number of aromatic nitrogens is 3. The van der Waals surface area contributed by atoms with Crippen molar-refractivity contribution < 1.29 is 4.79 Å². The molecule has 1 fully saturated rings. The summed E-state index contributed by atoms with van der Waals surface area (Å²) >= 11 is 0. The van der Waals surface area contributed by atoms with Crippen molar-refractivity contribution in [1.29, 1.82) is 0 Å². The Morgan fingerprint density at radius 2 is 2.16 bits per heavy atom. The van der Waals surface area contributed by atoms with Crippen molar-refractivity contribution in [3.05, 3.63) is 42.4 Å². The third-order valence-electron chi connectivity index (χ3n) is 4.76. The Balaban J connectivity index is 0.00000225. The molecule has 3 heterocycles. The molecule has 1 aliphatic heterocycles. The molecule has 2 aromatic heterocycles. The van der Waals surface area contributed by atoms with E-state index in [4.69, 9.17) is 0 Å². The van der Waals surface area contributed by atoms with Crippen LogP contribution in [0.5, 0.6) is 0 Å². The number of nitrogens with one attached hydrogen (secondary N) is 2. The zero-order chi connectivity index (χ0) is 16.8. The fraction of sp³-hybridized carbons (Fsp3) is 0.500. The third kappa shape index (κ3) is 5.28. The largest absolute Gasteiger partial charge is 0.352 e. The molecule has 0 aromatic carbocycles. The van der Waals surface area contributed by atoms with Crippen LogP contribution in [-0.2, 0) is 11.3 Å². The second-order valence-electron chi connectivity index (χ2n) is 6.48. The van der Waals surface area contributed by atoms with Gasteiger partial charge in [0.15, 0.2) is 5.82 Å². The van der Waals surface area contributed by atoms with Gasteiger partial charge >= 0.3 is 0 Å². The van der Waals surface area contributed by atoms with Crippen molar-refractivity contribution in [2.75, 3.05) is 13.1 Å². The van der Waals surface area contributed by atoms with Crippen LogP contribution in [0.15, 0.2) is 36.8 Å². The van der Waals surface area contributed by atoms with Gasteiger partial charge in [0.05, 0.1) is 0 Å². The number of hydrogen-bond acceptors (Lipinski definition) is 4. The normalized spacial score (nSPS) is 16.0. The molecule has 3 rings (SSSR count). The number of hydrogen-bond donors (Lipinski definition) is 2. The van der Waals surface area contributed by atoms with Crippen LogP contribution in [0.3, 0.4) is 0 Å². The number of carbonyl (C=O) groups is 1. The third-order valence-corrected chi connectivity index (χ3v) is 4.76. The second-order valence-corrected chi connectivity index (χ2v) is 6.48. The molecule has 25 heavy (non-hydrogen) atoms. The predicted molar refractivity (Wildman–Crippen MR) is 99.8 cm³/mol. The number of amides is 1. The van der Waals surface area contributed by atoms with E-state index in [0.717, 1.165) is 24.5 Å². The van der Waals surface area contributed by atoms with Crippen molar-refractivity contribution in [1.82, 2.24) is 25.4 Å². The Morgan fingerprint density at radius 3 is 2.88 bits per heavy atom. The van der Waals surface area contributed by atoms with Crippen LogP contribution in [0.2, 0.25) is 0 Å². The average Bonchev–Trinajstić information content (AvgIpc) is 3.15. The van der Waals surface area contributed by atoms with Gasteiger partial charge in [-0.05, 0) is 49.9 Å². The fourth-order valence-corrected chi connectivity index (χ4v) is 3.31. The number of rotatable bonds is 6. The molecule has 0 radical (unpaired) electrons. The van der Waals surface area contributed by atoms with Gasteiger partial charge in [0.1, 0.15) is 0 Å².